The molecular weight excluding hydrogens is 396 g/mol. The van der Waals surface area contributed by atoms with Crippen LogP contribution in [0.3, 0.4) is 0 Å². The summed E-state index contributed by atoms with van der Waals surface area (Å²) in [5.74, 6) is 4.04. The highest BCUT2D eigenvalue weighted by Crippen LogP contribution is 2.57. The zero-order valence-electron chi connectivity index (χ0n) is 17.1. The number of fused-ring (bicyclic) bond motifs is 6. The second-order valence-electron chi connectivity index (χ2n) is 7.88. The molecule has 3 aliphatic rings. The lowest BCUT2D eigenvalue weighted by molar-refractivity contribution is 0.0506. The van der Waals surface area contributed by atoms with Crippen LogP contribution in [0.15, 0.2) is 54.6 Å². The van der Waals surface area contributed by atoms with Crippen LogP contribution >= 0.6 is 0 Å². The SMILES string of the molecule is COCOc1ccc2c(c1)OC[C@H]1c3cc4c(c(Cc5ccccc5)c3O[C@@H]21)OCO4. The first-order valence-electron chi connectivity index (χ1n) is 10.4. The van der Waals surface area contributed by atoms with E-state index in [-0.39, 0.29) is 25.6 Å². The minimum atomic E-state index is -0.118. The normalized spacial score (nSPS) is 19.6. The van der Waals surface area contributed by atoms with Gasteiger partial charge in [0, 0.05) is 36.3 Å². The first kappa shape index (κ1) is 18.4. The van der Waals surface area contributed by atoms with Crippen LogP contribution in [0.1, 0.15) is 34.3 Å². The van der Waals surface area contributed by atoms with Gasteiger partial charge in [-0.2, -0.15) is 0 Å². The molecule has 6 heteroatoms. The van der Waals surface area contributed by atoms with Crippen LogP contribution in [0.2, 0.25) is 0 Å². The average Bonchev–Trinajstić information content (AvgIpc) is 3.43. The number of benzene rings is 3. The topological polar surface area (TPSA) is 55.4 Å². The van der Waals surface area contributed by atoms with Gasteiger partial charge in [0.05, 0.1) is 12.5 Å². The second kappa shape index (κ2) is 7.39. The summed E-state index contributed by atoms with van der Waals surface area (Å²) < 4.78 is 34.9. The third kappa shape index (κ3) is 3.06. The van der Waals surface area contributed by atoms with Crippen LogP contribution in [0.5, 0.6) is 28.7 Å². The molecule has 0 unspecified atom stereocenters. The Labute approximate surface area is 180 Å². The molecule has 6 nitrogen and oxygen atoms in total. The molecule has 3 heterocycles. The van der Waals surface area contributed by atoms with Crippen molar-refractivity contribution in [1.29, 1.82) is 0 Å². The molecule has 2 atom stereocenters. The Morgan fingerprint density at radius 3 is 2.68 bits per heavy atom. The molecule has 0 radical (unpaired) electrons. The Kier molecular flexibility index (Phi) is 4.39. The van der Waals surface area contributed by atoms with Gasteiger partial charge in [-0.1, -0.05) is 30.3 Å². The summed E-state index contributed by atoms with van der Waals surface area (Å²) >= 11 is 0. The van der Waals surface area contributed by atoms with Crippen LogP contribution in [-0.4, -0.2) is 27.3 Å². The van der Waals surface area contributed by atoms with E-state index in [1.165, 1.54) is 5.56 Å². The van der Waals surface area contributed by atoms with Crippen molar-refractivity contribution in [1.82, 2.24) is 0 Å². The van der Waals surface area contributed by atoms with Crippen molar-refractivity contribution in [3.05, 3.63) is 76.9 Å². The molecule has 0 amide bonds. The largest absolute Gasteiger partial charge is 0.492 e. The average molecular weight is 418 g/mol. The highest BCUT2D eigenvalue weighted by atomic mass is 16.7. The van der Waals surface area contributed by atoms with Crippen LogP contribution < -0.4 is 23.7 Å². The second-order valence-corrected chi connectivity index (χ2v) is 7.88. The predicted octanol–water partition coefficient (Wildman–Crippen LogP) is 4.60. The van der Waals surface area contributed by atoms with Gasteiger partial charge in [0.2, 0.25) is 6.79 Å². The Morgan fingerprint density at radius 1 is 0.903 bits per heavy atom. The fraction of sp³-hybridized carbons (Fsp3) is 0.280. The molecular formula is C25H22O6. The lowest BCUT2D eigenvalue weighted by Gasteiger charge is -2.28. The van der Waals surface area contributed by atoms with Gasteiger partial charge in [-0.15, -0.1) is 0 Å². The van der Waals surface area contributed by atoms with Crippen molar-refractivity contribution in [2.24, 2.45) is 0 Å². The van der Waals surface area contributed by atoms with E-state index in [9.17, 15) is 0 Å². The number of ether oxygens (including phenoxy) is 6. The molecule has 0 bridgehead atoms. The minimum Gasteiger partial charge on any atom is -0.492 e. The van der Waals surface area contributed by atoms with Gasteiger partial charge in [0.1, 0.15) is 23.4 Å². The van der Waals surface area contributed by atoms with Crippen LogP contribution in [0.4, 0.5) is 0 Å². The molecule has 158 valence electrons. The van der Waals surface area contributed by atoms with Crippen molar-refractivity contribution in [2.45, 2.75) is 18.4 Å². The number of rotatable bonds is 5. The van der Waals surface area contributed by atoms with Gasteiger partial charge in [-0.3, -0.25) is 0 Å². The minimum absolute atomic E-state index is 0.0947. The number of hydrogen-bond acceptors (Lipinski definition) is 6. The smallest absolute Gasteiger partial charge is 0.231 e. The van der Waals surface area contributed by atoms with Crippen molar-refractivity contribution in [2.75, 3.05) is 27.3 Å². The van der Waals surface area contributed by atoms with Crippen LogP contribution in [0, 0.1) is 0 Å². The maximum absolute atomic E-state index is 6.61. The zero-order chi connectivity index (χ0) is 20.8. The highest BCUT2D eigenvalue weighted by molar-refractivity contribution is 5.64. The van der Waals surface area contributed by atoms with Gasteiger partial charge in [0.25, 0.3) is 0 Å². The van der Waals surface area contributed by atoms with E-state index >= 15 is 0 Å². The van der Waals surface area contributed by atoms with E-state index < -0.39 is 0 Å². The first-order valence-corrected chi connectivity index (χ1v) is 10.4. The summed E-state index contributed by atoms with van der Waals surface area (Å²) in [6.07, 6.45) is 0.597. The fourth-order valence-corrected chi connectivity index (χ4v) is 4.59. The molecule has 0 fully saturated rings. The van der Waals surface area contributed by atoms with E-state index in [2.05, 4.69) is 18.2 Å². The number of hydrogen-bond donors (Lipinski definition) is 0. The molecule has 6 rings (SSSR count). The molecule has 0 spiro atoms. The maximum Gasteiger partial charge on any atom is 0.231 e. The summed E-state index contributed by atoms with van der Waals surface area (Å²) in [4.78, 5) is 0. The van der Waals surface area contributed by atoms with Crippen molar-refractivity contribution >= 4 is 0 Å². The highest BCUT2D eigenvalue weighted by Gasteiger charge is 2.44. The Balaban J connectivity index is 1.39. The summed E-state index contributed by atoms with van der Waals surface area (Å²) in [5.41, 5.74) is 4.37. The van der Waals surface area contributed by atoms with Crippen molar-refractivity contribution in [3.8, 4) is 28.7 Å². The molecule has 3 aliphatic heterocycles. The third-order valence-corrected chi connectivity index (χ3v) is 6.03. The monoisotopic (exact) mass is 418 g/mol. The Hall–Kier alpha value is -3.38. The maximum atomic E-state index is 6.61. The molecule has 3 aromatic carbocycles. The first-order chi connectivity index (χ1) is 15.3. The predicted molar refractivity (Wildman–Crippen MR) is 112 cm³/mol. The molecule has 0 aromatic heterocycles. The third-order valence-electron chi connectivity index (χ3n) is 6.03. The van der Waals surface area contributed by atoms with Gasteiger partial charge < -0.3 is 28.4 Å². The number of methoxy groups -OCH3 is 1. The van der Waals surface area contributed by atoms with E-state index in [4.69, 9.17) is 28.4 Å². The summed E-state index contributed by atoms with van der Waals surface area (Å²) in [6.45, 7) is 0.960. The van der Waals surface area contributed by atoms with E-state index in [0.29, 0.717) is 18.8 Å². The molecule has 0 aliphatic carbocycles. The summed E-state index contributed by atoms with van der Waals surface area (Å²) in [6, 6.07) is 18.2. The standard InChI is InChI=1S/C25H22O6/c1-26-13-28-16-7-8-17-21(10-16)27-12-20-18-11-22-25(30-14-29-22)19(24(18)31-23(17)20)9-15-5-3-2-4-6-15/h2-8,10-11,20,23H,9,12-14H2,1H3/t20-,23-/m0/s1. The van der Waals surface area contributed by atoms with Gasteiger partial charge in [-0.25, -0.2) is 0 Å². The fourth-order valence-electron chi connectivity index (χ4n) is 4.59. The van der Waals surface area contributed by atoms with E-state index in [1.807, 2.05) is 36.4 Å². The van der Waals surface area contributed by atoms with Crippen molar-refractivity contribution < 1.29 is 28.4 Å². The quantitative estimate of drug-likeness (QED) is 0.565. The van der Waals surface area contributed by atoms with Gasteiger partial charge in [0.15, 0.2) is 18.3 Å². The van der Waals surface area contributed by atoms with E-state index in [1.54, 1.807) is 7.11 Å². The molecule has 0 N–H and O–H groups in total. The van der Waals surface area contributed by atoms with Crippen molar-refractivity contribution in [3.63, 3.8) is 0 Å². The molecule has 3 aromatic rings. The lowest BCUT2D eigenvalue weighted by atomic mass is 9.88. The van der Waals surface area contributed by atoms with Gasteiger partial charge >= 0.3 is 0 Å². The summed E-state index contributed by atoms with van der Waals surface area (Å²) in [7, 11) is 1.60. The molecule has 0 saturated heterocycles. The van der Waals surface area contributed by atoms with Crippen LogP contribution in [0.25, 0.3) is 0 Å². The summed E-state index contributed by atoms with van der Waals surface area (Å²) in [5, 5.41) is 0. The molecule has 0 saturated carbocycles. The molecule has 31 heavy (non-hydrogen) atoms. The van der Waals surface area contributed by atoms with E-state index in [0.717, 1.165) is 39.7 Å². The Bertz CT molecular complexity index is 1130. The Morgan fingerprint density at radius 2 is 1.81 bits per heavy atom. The van der Waals surface area contributed by atoms with Crippen LogP contribution in [-0.2, 0) is 11.2 Å². The zero-order valence-corrected chi connectivity index (χ0v) is 17.1. The lowest BCUT2D eigenvalue weighted by Crippen LogP contribution is -2.23. The van der Waals surface area contributed by atoms with Gasteiger partial charge in [-0.05, 0) is 23.8 Å².